The van der Waals surface area contributed by atoms with E-state index in [2.05, 4.69) is 5.32 Å². The van der Waals surface area contributed by atoms with Crippen LogP contribution < -0.4 is 5.32 Å². The standard InChI is InChI=1S/C18H25NO5/c1-18(2,24-17(21)19-15-9-11-22-13-15)10-8-16(20)23-12-14-6-4-3-5-7-14/h3-7,15H,8-13H2,1-2H3,(H,19,21). The lowest BCUT2D eigenvalue weighted by Crippen LogP contribution is -2.40. The minimum absolute atomic E-state index is 0.00383. The minimum atomic E-state index is -0.741. The molecule has 132 valence electrons. The Morgan fingerprint density at radius 1 is 1.29 bits per heavy atom. The molecule has 6 heteroatoms. The van der Waals surface area contributed by atoms with E-state index >= 15 is 0 Å². The first kappa shape index (κ1) is 18.3. The SMILES string of the molecule is CC(C)(CCC(=O)OCc1ccccc1)OC(=O)NC1CCOC1. The quantitative estimate of drug-likeness (QED) is 0.776. The van der Waals surface area contributed by atoms with Crippen LogP contribution in [0, 0.1) is 0 Å². The summed E-state index contributed by atoms with van der Waals surface area (Å²) in [7, 11) is 0. The van der Waals surface area contributed by atoms with Gasteiger partial charge in [0.05, 0.1) is 12.6 Å². The lowest BCUT2D eigenvalue weighted by molar-refractivity contribution is -0.146. The Labute approximate surface area is 142 Å². The molecular formula is C18H25NO5. The molecule has 0 saturated carbocycles. The van der Waals surface area contributed by atoms with Gasteiger partial charge in [0.25, 0.3) is 0 Å². The lowest BCUT2D eigenvalue weighted by atomic mass is 10.0. The molecule has 1 amide bonds. The summed E-state index contributed by atoms with van der Waals surface area (Å²) in [6.45, 7) is 4.98. The number of alkyl carbamates (subject to hydrolysis) is 1. The third-order valence-electron chi connectivity index (χ3n) is 3.79. The van der Waals surface area contributed by atoms with Gasteiger partial charge in [0.15, 0.2) is 0 Å². The Hall–Kier alpha value is -2.08. The number of carbonyl (C=O) groups excluding carboxylic acids is 2. The molecule has 0 aromatic heterocycles. The first-order valence-electron chi connectivity index (χ1n) is 8.21. The Kier molecular flexibility index (Phi) is 6.61. The average Bonchev–Trinajstić information content (AvgIpc) is 3.04. The van der Waals surface area contributed by atoms with Crippen molar-refractivity contribution in [3.63, 3.8) is 0 Å². The summed E-state index contributed by atoms with van der Waals surface area (Å²) in [6.07, 6.45) is 0.907. The van der Waals surface area contributed by atoms with Gasteiger partial charge in [-0.05, 0) is 32.3 Å². The molecule has 1 aliphatic rings. The average molecular weight is 335 g/mol. The summed E-state index contributed by atoms with van der Waals surface area (Å²) in [6, 6.07) is 9.51. The molecule has 2 rings (SSSR count). The third kappa shape index (κ3) is 6.58. The molecule has 0 radical (unpaired) electrons. The van der Waals surface area contributed by atoms with Gasteiger partial charge in [0.2, 0.25) is 0 Å². The van der Waals surface area contributed by atoms with Crippen LogP contribution in [0.25, 0.3) is 0 Å². The summed E-state index contributed by atoms with van der Waals surface area (Å²) in [5, 5.41) is 2.77. The number of ether oxygens (including phenoxy) is 3. The second-order valence-electron chi connectivity index (χ2n) is 6.50. The van der Waals surface area contributed by atoms with Crippen LogP contribution >= 0.6 is 0 Å². The van der Waals surface area contributed by atoms with Gasteiger partial charge in [-0.1, -0.05) is 30.3 Å². The van der Waals surface area contributed by atoms with E-state index in [9.17, 15) is 9.59 Å². The van der Waals surface area contributed by atoms with Crippen LogP contribution in [0.4, 0.5) is 4.79 Å². The second-order valence-corrected chi connectivity index (χ2v) is 6.50. The molecule has 1 aromatic carbocycles. The largest absolute Gasteiger partial charge is 0.461 e. The fourth-order valence-electron chi connectivity index (χ4n) is 2.36. The third-order valence-corrected chi connectivity index (χ3v) is 3.79. The van der Waals surface area contributed by atoms with Crippen molar-refractivity contribution < 1.29 is 23.8 Å². The lowest BCUT2D eigenvalue weighted by Gasteiger charge is -2.25. The summed E-state index contributed by atoms with van der Waals surface area (Å²) >= 11 is 0. The molecule has 1 fully saturated rings. The van der Waals surface area contributed by atoms with Crippen molar-refractivity contribution in [1.29, 1.82) is 0 Å². The van der Waals surface area contributed by atoms with Gasteiger partial charge in [-0.3, -0.25) is 4.79 Å². The molecule has 1 aromatic rings. The van der Waals surface area contributed by atoms with Crippen LogP contribution in [-0.2, 0) is 25.6 Å². The molecule has 6 nitrogen and oxygen atoms in total. The number of rotatable bonds is 7. The number of carbonyl (C=O) groups is 2. The number of hydrogen-bond acceptors (Lipinski definition) is 5. The van der Waals surface area contributed by atoms with Gasteiger partial charge in [-0.25, -0.2) is 4.79 Å². The molecule has 1 atom stereocenters. The van der Waals surface area contributed by atoms with Crippen LogP contribution in [0.5, 0.6) is 0 Å². The van der Waals surface area contributed by atoms with Crippen molar-refractivity contribution in [2.24, 2.45) is 0 Å². The van der Waals surface area contributed by atoms with Crippen LogP contribution in [0.1, 0.15) is 38.7 Å². The van der Waals surface area contributed by atoms with Gasteiger partial charge in [0, 0.05) is 13.0 Å². The number of benzene rings is 1. The fraction of sp³-hybridized carbons (Fsp3) is 0.556. The van der Waals surface area contributed by atoms with Crippen LogP contribution in [0.3, 0.4) is 0 Å². The molecule has 1 aliphatic heterocycles. The summed E-state index contributed by atoms with van der Waals surface area (Å²) in [5.74, 6) is -0.305. The predicted octanol–water partition coefficient (Wildman–Crippen LogP) is 2.80. The van der Waals surface area contributed by atoms with Gasteiger partial charge < -0.3 is 19.5 Å². The summed E-state index contributed by atoms with van der Waals surface area (Å²) in [5.41, 5.74) is 0.203. The Bertz CT molecular complexity index is 538. The molecule has 1 saturated heterocycles. The number of nitrogens with one attached hydrogen (secondary N) is 1. The smallest absolute Gasteiger partial charge is 0.407 e. The van der Waals surface area contributed by atoms with E-state index in [1.54, 1.807) is 13.8 Å². The zero-order valence-corrected chi connectivity index (χ0v) is 14.2. The molecule has 0 aliphatic carbocycles. The van der Waals surface area contributed by atoms with E-state index < -0.39 is 11.7 Å². The Morgan fingerprint density at radius 3 is 2.71 bits per heavy atom. The van der Waals surface area contributed by atoms with Gasteiger partial charge in [-0.15, -0.1) is 0 Å². The highest BCUT2D eigenvalue weighted by atomic mass is 16.6. The first-order chi connectivity index (χ1) is 11.4. The molecule has 1 unspecified atom stereocenters. The zero-order valence-electron chi connectivity index (χ0n) is 14.2. The fourth-order valence-corrected chi connectivity index (χ4v) is 2.36. The van der Waals surface area contributed by atoms with E-state index in [0.717, 1.165) is 12.0 Å². The van der Waals surface area contributed by atoms with Crippen LogP contribution in [-0.4, -0.2) is 36.9 Å². The first-order valence-corrected chi connectivity index (χ1v) is 8.21. The van der Waals surface area contributed by atoms with Crippen molar-refractivity contribution in [1.82, 2.24) is 5.32 Å². The normalized spacial score (nSPS) is 17.3. The van der Waals surface area contributed by atoms with Crippen molar-refractivity contribution in [3.8, 4) is 0 Å². The van der Waals surface area contributed by atoms with Crippen molar-refractivity contribution in [2.75, 3.05) is 13.2 Å². The highest BCUT2D eigenvalue weighted by molar-refractivity contribution is 5.70. The number of amides is 1. The molecule has 0 spiro atoms. The van der Waals surface area contributed by atoms with Gasteiger partial charge >= 0.3 is 12.1 Å². The molecule has 0 bridgehead atoms. The predicted molar refractivity (Wildman–Crippen MR) is 88.4 cm³/mol. The van der Waals surface area contributed by atoms with Crippen molar-refractivity contribution in [3.05, 3.63) is 35.9 Å². The van der Waals surface area contributed by atoms with Crippen LogP contribution in [0.15, 0.2) is 30.3 Å². The molecule has 1 heterocycles. The van der Waals surface area contributed by atoms with E-state index in [1.807, 2.05) is 30.3 Å². The molecule has 1 N–H and O–H groups in total. The topological polar surface area (TPSA) is 73.9 Å². The summed E-state index contributed by atoms with van der Waals surface area (Å²) < 4.78 is 15.8. The second kappa shape index (κ2) is 8.68. The van der Waals surface area contributed by atoms with Crippen molar-refractivity contribution >= 4 is 12.1 Å². The monoisotopic (exact) mass is 335 g/mol. The highest BCUT2D eigenvalue weighted by Crippen LogP contribution is 2.18. The Balaban J connectivity index is 1.66. The highest BCUT2D eigenvalue weighted by Gasteiger charge is 2.26. The maximum Gasteiger partial charge on any atom is 0.407 e. The maximum atomic E-state index is 11.9. The van der Waals surface area contributed by atoms with Crippen molar-refractivity contribution in [2.45, 2.75) is 51.4 Å². The van der Waals surface area contributed by atoms with Gasteiger partial charge in [-0.2, -0.15) is 0 Å². The summed E-state index contributed by atoms with van der Waals surface area (Å²) in [4.78, 5) is 23.7. The molecular weight excluding hydrogens is 310 g/mol. The maximum absolute atomic E-state index is 11.9. The van der Waals surface area contributed by atoms with E-state index in [-0.39, 0.29) is 25.0 Å². The van der Waals surface area contributed by atoms with Gasteiger partial charge in [0.1, 0.15) is 12.2 Å². The Morgan fingerprint density at radius 2 is 2.04 bits per heavy atom. The van der Waals surface area contributed by atoms with E-state index in [4.69, 9.17) is 14.2 Å². The minimum Gasteiger partial charge on any atom is -0.461 e. The zero-order chi connectivity index (χ0) is 17.4. The number of hydrogen-bond donors (Lipinski definition) is 1. The van der Waals surface area contributed by atoms with E-state index in [1.165, 1.54) is 0 Å². The number of esters is 1. The van der Waals surface area contributed by atoms with E-state index in [0.29, 0.717) is 19.6 Å². The van der Waals surface area contributed by atoms with Crippen LogP contribution in [0.2, 0.25) is 0 Å². The molecule has 24 heavy (non-hydrogen) atoms.